The third-order valence-electron chi connectivity index (χ3n) is 2.65. The zero-order chi connectivity index (χ0) is 14.8. The van der Waals surface area contributed by atoms with E-state index in [-0.39, 0.29) is 5.02 Å². The second kappa shape index (κ2) is 5.97. The molecule has 0 aliphatic carbocycles. The normalized spacial score (nSPS) is 13.4. The summed E-state index contributed by atoms with van der Waals surface area (Å²) >= 11 is 5.81. The minimum Gasteiger partial charge on any atom is -0.370 e. The van der Waals surface area contributed by atoms with Gasteiger partial charge in [-0.25, -0.2) is 8.78 Å². The van der Waals surface area contributed by atoms with Crippen molar-refractivity contribution in [3.8, 4) is 0 Å². The lowest BCUT2D eigenvalue weighted by Gasteiger charge is -2.29. The Morgan fingerprint density at radius 2 is 1.95 bits per heavy atom. The Bertz CT molecular complexity index is 481. The van der Waals surface area contributed by atoms with Gasteiger partial charge in [-0.1, -0.05) is 32.4 Å². The molecule has 0 fully saturated rings. The summed E-state index contributed by atoms with van der Waals surface area (Å²) in [5.41, 5.74) is -0.995. The molecule has 1 unspecified atom stereocenters. The fourth-order valence-electron chi connectivity index (χ4n) is 1.77. The van der Waals surface area contributed by atoms with Crippen molar-refractivity contribution in [2.24, 2.45) is 5.41 Å². The highest BCUT2D eigenvalue weighted by Crippen LogP contribution is 2.30. The van der Waals surface area contributed by atoms with Crippen LogP contribution in [-0.2, 0) is 4.74 Å². The lowest BCUT2D eigenvalue weighted by atomic mass is 9.84. The third-order valence-corrected chi connectivity index (χ3v) is 2.96. The fourth-order valence-corrected chi connectivity index (χ4v) is 2.01. The summed E-state index contributed by atoms with van der Waals surface area (Å²) in [6.45, 7) is 7.39. The van der Waals surface area contributed by atoms with Gasteiger partial charge in [0.05, 0.1) is 10.6 Å². The van der Waals surface area contributed by atoms with Crippen molar-refractivity contribution in [1.29, 1.82) is 0 Å². The largest absolute Gasteiger partial charge is 0.370 e. The van der Waals surface area contributed by atoms with E-state index in [1.807, 2.05) is 0 Å². The van der Waals surface area contributed by atoms with Gasteiger partial charge < -0.3 is 4.74 Å². The lowest BCUT2D eigenvalue weighted by molar-refractivity contribution is -0.000522. The Morgan fingerprint density at radius 3 is 2.42 bits per heavy atom. The molecule has 0 heterocycles. The van der Waals surface area contributed by atoms with Gasteiger partial charge >= 0.3 is 0 Å². The molecule has 106 valence electrons. The molecule has 1 aromatic carbocycles. The maximum absolute atomic E-state index is 13.8. The van der Waals surface area contributed by atoms with Crippen molar-refractivity contribution in [1.82, 2.24) is 0 Å². The Hall–Kier alpha value is -1.00. The zero-order valence-corrected chi connectivity index (χ0v) is 12.1. The highest BCUT2D eigenvalue weighted by molar-refractivity contribution is 6.34. The molecule has 2 nitrogen and oxygen atoms in total. The summed E-state index contributed by atoms with van der Waals surface area (Å²) < 4.78 is 32.4. The first kappa shape index (κ1) is 16.1. The number of benzene rings is 1. The molecular weight excluding hydrogens is 274 g/mol. The van der Waals surface area contributed by atoms with Gasteiger partial charge in [-0.15, -0.1) is 0 Å². The number of hydrogen-bond acceptors (Lipinski definition) is 2. The van der Waals surface area contributed by atoms with Crippen LogP contribution in [0.1, 0.15) is 38.1 Å². The van der Waals surface area contributed by atoms with Crippen LogP contribution in [0.5, 0.6) is 0 Å². The Kier molecular flexibility index (Phi) is 5.04. The second-order valence-electron chi connectivity index (χ2n) is 5.28. The average molecular weight is 291 g/mol. The molecule has 0 radical (unpaired) electrons. The number of Topliss-reactive ketones (excluding diaryl/α,β-unsaturated/α-hetero) is 1. The van der Waals surface area contributed by atoms with Crippen molar-refractivity contribution >= 4 is 17.4 Å². The van der Waals surface area contributed by atoms with Crippen LogP contribution in [0.25, 0.3) is 0 Å². The highest BCUT2D eigenvalue weighted by Gasteiger charge is 2.35. The number of ether oxygens (including phenoxy) is 1. The maximum Gasteiger partial charge on any atom is 0.196 e. The Balaban J connectivity index is 3.28. The molecule has 0 saturated heterocycles. The highest BCUT2D eigenvalue weighted by atomic mass is 35.5. The Morgan fingerprint density at radius 1 is 1.37 bits per heavy atom. The number of hydrogen-bond donors (Lipinski definition) is 0. The van der Waals surface area contributed by atoms with Crippen molar-refractivity contribution in [2.75, 3.05) is 6.61 Å². The molecule has 0 amide bonds. The van der Waals surface area contributed by atoms with Gasteiger partial charge in [0.1, 0.15) is 6.10 Å². The molecule has 1 atom stereocenters. The molecule has 1 aromatic rings. The molecule has 5 heteroatoms. The van der Waals surface area contributed by atoms with E-state index in [2.05, 4.69) is 0 Å². The molecule has 0 N–H and O–H groups in total. The number of rotatable bonds is 4. The van der Waals surface area contributed by atoms with Crippen molar-refractivity contribution in [3.05, 3.63) is 34.4 Å². The first-order chi connectivity index (χ1) is 8.70. The summed E-state index contributed by atoms with van der Waals surface area (Å²) in [7, 11) is 0. The zero-order valence-electron chi connectivity index (χ0n) is 11.4. The van der Waals surface area contributed by atoms with Crippen LogP contribution in [0, 0.1) is 17.0 Å². The van der Waals surface area contributed by atoms with Crippen LogP contribution < -0.4 is 0 Å². The number of carbonyl (C=O) groups is 1. The fraction of sp³-hybridized carbons (Fsp3) is 0.500. The monoisotopic (exact) mass is 290 g/mol. The standard InChI is InChI=1S/C14H17ClF2O2/c1-5-19-13(14(2,3)4)12(18)10-8(15)6-7-9(16)11(10)17/h6-7,13H,5H2,1-4H3. The van der Waals surface area contributed by atoms with Gasteiger partial charge in [0.15, 0.2) is 17.4 Å². The summed E-state index contributed by atoms with van der Waals surface area (Å²) in [5.74, 6) is -2.97. The topological polar surface area (TPSA) is 26.3 Å². The van der Waals surface area contributed by atoms with E-state index in [1.54, 1.807) is 27.7 Å². The van der Waals surface area contributed by atoms with E-state index in [0.717, 1.165) is 6.07 Å². The smallest absolute Gasteiger partial charge is 0.196 e. The van der Waals surface area contributed by atoms with E-state index < -0.39 is 34.5 Å². The molecular formula is C14H17ClF2O2. The summed E-state index contributed by atoms with van der Waals surface area (Å²) in [5, 5.41) is -0.113. The van der Waals surface area contributed by atoms with Crippen LogP contribution in [0.4, 0.5) is 8.78 Å². The summed E-state index contributed by atoms with van der Waals surface area (Å²) in [4.78, 5) is 12.4. The predicted octanol–water partition coefficient (Wildman–Crippen LogP) is 4.25. The van der Waals surface area contributed by atoms with Gasteiger partial charge in [0, 0.05) is 6.61 Å². The van der Waals surface area contributed by atoms with Gasteiger partial charge in [-0.05, 0) is 24.5 Å². The molecule has 0 aliphatic heterocycles. The minimum absolute atomic E-state index is 0.113. The molecule has 0 spiro atoms. The molecule has 0 aliphatic rings. The van der Waals surface area contributed by atoms with E-state index in [4.69, 9.17) is 16.3 Å². The minimum atomic E-state index is -1.23. The van der Waals surface area contributed by atoms with Crippen molar-refractivity contribution in [2.45, 2.75) is 33.8 Å². The van der Waals surface area contributed by atoms with Crippen LogP contribution in [0.15, 0.2) is 12.1 Å². The maximum atomic E-state index is 13.8. The lowest BCUT2D eigenvalue weighted by Crippen LogP contribution is -2.37. The van der Waals surface area contributed by atoms with Gasteiger partial charge in [0.2, 0.25) is 0 Å². The molecule has 0 saturated carbocycles. The second-order valence-corrected chi connectivity index (χ2v) is 5.69. The predicted molar refractivity (Wildman–Crippen MR) is 70.6 cm³/mol. The van der Waals surface area contributed by atoms with Gasteiger partial charge in [-0.3, -0.25) is 4.79 Å². The van der Waals surface area contributed by atoms with Crippen molar-refractivity contribution in [3.63, 3.8) is 0 Å². The number of halogens is 3. The first-order valence-electron chi connectivity index (χ1n) is 5.99. The first-order valence-corrected chi connectivity index (χ1v) is 6.37. The van der Waals surface area contributed by atoms with Crippen LogP contribution >= 0.6 is 11.6 Å². The SMILES string of the molecule is CCOC(C(=O)c1c(Cl)ccc(F)c1F)C(C)(C)C. The van der Waals surface area contributed by atoms with E-state index in [9.17, 15) is 13.6 Å². The molecule has 19 heavy (non-hydrogen) atoms. The Labute approximate surface area is 116 Å². The summed E-state index contributed by atoms with van der Waals surface area (Å²) in [6, 6.07) is 2.06. The van der Waals surface area contributed by atoms with Crippen LogP contribution in [-0.4, -0.2) is 18.5 Å². The van der Waals surface area contributed by atoms with Crippen LogP contribution in [0.3, 0.4) is 0 Å². The van der Waals surface area contributed by atoms with Crippen LogP contribution in [0.2, 0.25) is 5.02 Å². The quantitative estimate of drug-likeness (QED) is 0.612. The molecule has 0 aromatic heterocycles. The van der Waals surface area contributed by atoms with E-state index in [0.29, 0.717) is 6.61 Å². The van der Waals surface area contributed by atoms with Gasteiger partial charge in [0.25, 0.3) is 0 Å². The molecule has 1 rings (SSSR count). The van der Waals surface area contributed by atoms with E-state index in [1.165, 1.54) is 6.07 Å². The van der Waals surface area contributed by atoms with Gasteiger partial charge in [-0.2, -0.15) is 0 Å². The average Bonchev–Trinajstić information content (AvgIpc) is 2.29. The summed E-state index contributed by atoms with van der Waals surface area (Å²) in [6.07, 6.45) is -0.883. The third kappa shape index (κ3) is 3.51. The molecule has 0 bridgehead atoms. The number of ketones is 1. The number of carbonyl (C=O) groups excluding carboxylic acids is 1. The van der Waals surface area contributed by atoms with E-state index >= 15 is 0 Å². The van der Waals surface area contributed by atoms with Crippen molar-refractivity contribution < 1.29 is 18.3 Å².